The van der Waals surface area contributed by atoms with E-state index >= 15 is 0 Å². The van der Waals surface area contributed by atoms with Crippen LogP contribution in [0.3, 0.4) is 0 Å². The Bertz CT molecular complexity index is 3860. The molecule has 0 atom stereocenters. The van der Waals surface area contributed by atoms with E-state index in [0.29, 0.717) is 28.3 Å². The zero-order chi connectivity index (χ0) is 47.4. The Balaban J connectivity index is 1.33. The van der Waals surface area contributed by atoms with Crippen molar-refractivity contribution in [1.82, 2.24) is 19.5 Å². The minimum absolute atomic E-state index is 0.139. The van der Waals surface area contributed by atoms with Crippen molar-refractivity contribution in [1.29, 1.82) is 0 Å². The van der Waals surface area contributed by atoms with Gasteiger partial charge in [-0.1, -0.05) is 164 Å². The predicted molar refractivity (Wildman–Crippen MR) is 234 cm³/mol. The van der Waals surface area contributed by atoms with Gasteiger partial charge < -0.3 is 4.57 Å². The fourth-order valence-corrected chi connectivity index (χ4v) is 8.60. The molecule has 5 heteroatoms. The molecule has 0 fully saturated rings. The molecule has 56 heavy (non-hydrogen) atoms. The highest BCUT2D eigenvalue weighted by molar-refractivity contribution is 7.26. The smallest absolute Gasteiger partial charge is 0.166 e. The molecule has 0 amide bonds. The van der Waals surface area contributed by atoms with Crippen molar-refractivity contribution < 1.29 is 16.4 Å². The number of fused-ring (bicyclic) bond motifs is 6. The van der Waals surface area contributed by atoms with Gasteiger partial charge in [0.25, 0.3) is 0 Å². The van der Waals surface area contributed by atoms with Crippen molar-refractivity contribution in [2.45, 2.75) is 0 Å². The third kappa shape index (κ3) is 5.32. The van der Waals surface area contributed by atoms with Crippen molar-refractivity contribution in [3.8, 4) is 62.1 Å². The van der Waals surface area contributed by atoms with Crippen molar-refractivity contribution >= 4 is 53.3 Å². The quantitative estimate of drug-likeness (QED) is 0.170. The topological polar surface area (TPSA) is 43.6 Å². The van der Waals surface area contributed by atoms with E-state index in [4.69, 9.17) is 24.5 Å². The summed E-state index contributed by atoms with van der Waals surface area (Å²) in [4.78, 5) is 15.1. The predicted octanol–water partition coefficient (Wildman–Crippen LogP) is 13.7. The van der Waals surface area contributed by atoms with Crippen LogP contribution in [-0.4, -0.2) is 19.5 Å². The number of rotatable bonds is 6. The highest BCUT2D eigenvalue weighted by Gasteiger charge is 2.22. The Morgan fingerprint density at radius 3 is 1.88 bits per heavy atom. The molecule has 8 aromatic carbocycles. The molecule has 3 aromatic heterocycles. The molecule has 0 aliphatic heterocycles. The summed E-state index contributed by atoms with van der Waals surface area (Å²) in [5.41, 5.74) is 2.48. The molecule has 0 radical (unpaired) electrons. The van der Waals surface area contributed by atoms with Gasteiger partial charge in [-0.15, -0.1) is 11.3 Å². The van der Waals surface area contributed by atoms with Crippen LogP contribution in [0.1, 0.15) is 16.4 Å². The summed E-state index contributed by atoms with van der Waals surface area (Å²) < 4.78 is 112. The molecule has 0 bridgehead atoms. The second kappa shape index (κ2) is 13.3. The monoisotopic (exact) mass is 744 g/mol. The Hall–Kier alpha value is -7.21. The van der Waals surface area contributed by atoms with Crippen LogP contribution >= 0.6 is 11.3 Å². The molecule has 11 rings (SSSR count). The summed E-state index contributed by atoms with van der Waals surface area (Å²) in [6, 6.07) is 30.8. The van der Waals surface area contributed by atoms with Crippen LogP contribution in [0, 0.1) is 0 Å². The maximum atomic E-state index is 9.59. The summed E-state index contributed by atoms with van der Waals surface area (Å²) >= 11 is 1.64. The maximum Gasteiger partial charge on any atom is 0.166 e. The minimum atomic E-state index is -0.703. The van der Waals surface area contributed by atoms with Crippen LogP contribution in [-0.2, 0) is 0 Å². The number of benzene rings is 8. The lowest BCUT2D eigenvalue weighted by Crippen LogP contribution is -2.04. The molecule has 11 aromatic rings. The summed E-state index contributed by atoms with van der Waals surface area (Å²) in [7, 11) is 0. The first kappa shape index (κ1) is 22.2. The molecule has 0 N–H and O–H groups in total. The average molecular weight is 745 g/mol. The van der Waals surface area contributed by atoms with Gasteiger partial charge in [0.05, 0.1) is 33.2 Å². The van der Waals surface area contributed by atoms with Gasteiger partial charge in [-0.2, -0.15) is 0 Å². The van der Waals surface area contributed by atoms with Crippen molar-refractivity contribution in [2.75, 3.05) is 0 Å². The molecular formula is C51H32N4S. The van der Waals surface area contributed by atoms with Crippen LogP contribution in [0.5, 0.6) is 0 Å². The van der Waals surface area contributed by atoms with Crippen molar-refractivity contribution in [3.63, 3.8) is 0 Å². The first-order chi connectivity index (χ1) is 32.8. The van der Waals surface area contributed by atoms with Crippen molar-refractivity contribution in [2.24, 2.45) is 0 Å². The number of hydrogen-bond donors (Lipinski definition) is 0. The van der Waals surface area contributed by atoms with Gasteiger partial charge in [-0.25, -0.2) is 15.0 Å². The van der Waals surface area contributed by atoms with E-state index in [0.717, 1.165) is 31.3 Å². The first-order valence-electron chi connectivity index (χ1n) is 23.8. The van der Waals surface area contributed by atoms with E-state index in [1.165, 1.54) is 4.57 Å². The van der Waals surface area contributed by atoms with Crippen molar-refractivity contribution in [3.05, 3.63) is 194 Å². The van der Waals surface area contributed by atoms with Gasteiger partial charge in [0.1, 0.15) is 0 Å². The normalized spacial score (nSPS) is 14.6. The van der Waals surface area contributed by atoms with E-state index in [9.17, 15) is 6.85 Å². The Labute approximate surface area is 344 Å². The van der Waals surface area contributed by atoms with Crippen LogP contribution in [0.15, 0.2) is 194 Å². The number of aromatic nitrogens is 4. The SMILES string of the molecule is [2H]c1c([2H])c([2H])c(-c2c([2H])c([2H])c([2H])c3c2c2c([2H])c([2H])c([2H])c([2H])c2n3-c2ccc(-c3cccc4c3sc3ccccc34)cc2-c2nc(-c3ccccc3)nc(-c3ccccc3)n2)c([2H])c1[2H]. The Kier molecular flexibility index (Phi) is 5.27. The van der Waals surface area contributed by atoms with E-state index in [-0.39, 0.29) is 38.9 Å². The fraction of sp³-hybridized carbons (Fsp3) is 0. The lowest BCUT2D eigenvalue weighted by Gasteiger charge is -2.17. The highest BCUT2D eigenvalue weighted by atomic mass is 32.1. The molecule has 0 unspecified atom stereocenters. The summed E-state index contributed by atoms with van der Waals surface area (Å²) in [5.74, 6) is 0.825. The number of para-hydroxylation sites is 1. The maximum absolute atomic E-state index is 9.59. The second-order valence-electron chi connectivity index (χ2n) is 13.1. The minimum Gasteiger partial charge on any atom is -0.308 e. The fourth-order valence-electron chi connectivity index (χ4n) is 7.36. The van der Waals surface area contributed by atoms with Crippen LogP contribution in [0.2, 0.25) is 0 Å². The van der Waals surface area contributed by atoms with Gasteiger partial charge in [0.2, 0.25) is 0 Å². The molecule has 262 valence electrons. The molecule has 0 spiro atoms. The van der Waals surface area contributed by atoms with E-state index in [2.05, 4.69) is 18.2 Å². The number of thiophene rings is 1. The summed E-state index contributed by atoms with van der Waals surface area (Å²) in [6.45, 7) is 0. The standard InChI is InChI=1S/C51H32N4S/c1-4-16-33(17-5-1)37-24-15-28-45-47(37)41-23-10-12-27-43(41)55(45)44-31-30-36(38-25-14-26-40-39-22-11-13-29-46(39)56-48(38)40)32-42(44)51-53-49(34-18-6-2-7-19-34)52-50(54-51)35-20-8-3-9-21-35/h1-32H/i1D,4D,5D,10D,12D,15D,16D,17D,23D,24D,27D,28D. The average Bonchev–Trinajstić information content (AvgIpc) is 3.94. The zero-order valence-electron chi connectivity index (χ0n) is 41.2. The van der Waals surface area contributed by atoms with Gasteiger partial charge in [-0.05, 0) is 52.5 Å². The molecule has 3 heterocycles. The van der Waals surface area contributed by atoms with Gasteiger partial charge in [-0.3, -0.25) is 0 Å². The number of hydrogen-bond acceptors (Lipinski definition) is 4. The van der Waals surface area contributed by atoms with Crippen LogP contribution in [0.25, 0.3) is 104 Å². The number of nitrogens with zero attached hydrogens (tertiary/aromatic N) is 4. The zero-order valence-corrected chi connectivity index (χ0v) is 30.1. The molecule has 0 aliphatic rings. The van der Waals surface area contributed by atoms with E-state index in [1.54, 1.807) is 17.4 Å². The molecule has 4 nitrogen and oxygen atoms in total. The third-order valence-electron chi connectivity index (χ3n) is 9.86. The van der Waals surface area contributed by atoms with E-state index < -0.39 is 78.1 Å². The lowest BCUT2D eigenvalue weighted by molar-refractivity contribution is 1.06. The highest BCUT2D eigenvalue weighted by Crippen LogP contribution is 2.44. The lowest BCUT2D eigenvalue weighted by atomic mass is 9.99. The Morgan fingerprint density at radius 1 is 0.429 bits per heavy atom. The summed E-state index contributed by atoms with van der Waals surface area (Å²) in [5, 5.41) is 1.82. The molecule has 0 saturated heterocycles. The molecule has 0 saturated carbocycles. The van der Waals surface area contributed by atoms with E-state index in [1.807, 2.05) is 97.1 Å². The Morgan fingerprint density at radius 2 is 1.09 bits per heavy atom. The van der Waals surface area contributed by atoms with Gasteiger partial charge >= 0.3 is 0 Å². The van der Waals surface area contributed by atoms with Crippen LogP contribution in [0.4, 0.5) is 0 Å². The third-order valence-corrected chi connectivity index (χ3v) is 11.1. The first-order valence-corrected chi connectivity index (χ1v) is 18.6. The molecule has 0 aliphatic carbocycles. The second-order valence-corrected chi connectivity index (χ2v) is 14.1. The largest absolute Gasteiger partial charge is 0.308 e. The van der Waals surface area contributed by atoms with Gasteiger partial charge in [0.15, 0.2) is 17.5 Å². The molecular weight excluding hydrogens is 701 g/mol. The van der Waals surface area contributed by atoms with Crippen LogP contribution < -0.4 is 0 Å². The van der Waals surface area contributed by atoms with Gasteiger partial charge in [0, 0.05) is 47.6 Å². The summed E-state index contributed by atoms with van der Waals surface area (Å²) in [6.07, 6.45) is 0.